The van der Waals surface area contributed by atoms with Gasteiger partial charge in [0.2, 0.25) is 0 Å². The number of thiol groups is 1. The number of aldehydes is 1. The summed E-state index contributed by atoms with van der Waals surface area (Å²) in [6.07, 6.45) is 0.674. The quantitative estimate of drug-likeness (QED) is 0.365. The Bertz CT molecular complexity index is 48.1. The van der Waals surface area contributed by atoms with Gasteiger partial charge in [-0.05, 0) is 0 Å². The molecule has 0 aromatic rings. The molecule has 0 amide bonds. The van der Waals surface area contributed by atoms with Crippen LogP contribution in [-0.4, -0.2) is 18.1 Å². The van der Waals surface area contributed by atoms with E-state index in [0.29, 0.717) is 12.0 Å². The summed E-state index contributed by atoms with van der Waals surface area (Å²) in [4.78, 5) is 9.56. The Morgan fingerprint density at radius 3 is 2.50 bits per heavy atom. The average molecular weight is 105 g/mol. The zero-order valence-corrected chi connectivity index (χ0v) is 4.19. The van der Waals surface area contributed by atoms with E-state index >= 15 is 0 Å². The van der Waals surface area contributed by atoms with Crippen molar-refractivity contribution in [3.8, 4) is 0 Å². The molecule has 2 N–H and O–H groups in total. The van der Waals surface area contributed by atoms with Crippen LogP contribution in [-0.2, 0) is 4.79 Å². The average Bonchev–Trinajstić information content (AvgIpc) is 1.65. The molecule has 0 radical (unpaired) electrons. The minimum absolute atomic E-state index is 0.381. The molecule has 0 bridgehead atoms. The SMILES string of the molecule is N[C@H](C=O)CS. The fourth-order valence-electron chi connectivity index (χ4n) is 0.0430. The highest BCUT2D eigenvalue weighted by atomic mass is 32.1. The lowest BCUT2D eigenvalue weighted by atomic mass is 10.4. The van der Waals surface area contributed by atoms with Crippen molar-refractivity contribution in [1.82, 2.24) is 0 Å². The van der Waals surface area contributed by atoms with Crippen LogP contribution in [0.3, 0.4) is 0 Å². The fraction of sp³-hybridized carbons (Fsp3) is 0.667. The van der Waals surface area contributed by atoms with Crippen molar-refractivity contribution in [3.05, 3.63) is 0 Å². The maximum Gasteiger partial charge on any atom is 0.137 e. The van der Waals surface area contributed by atoms with E-state index in [-0.39, 0.29) is 6.04 Å². The monoisotopic (exact) mass is 105 g/mol. The van der Waals surface area contributed by atoms with E-state index in [1.165, 1.54) is 0 Å². The minimum Gasteiger partial charge on any atom is -0.321 e. The molecule has 6 heavy (non-hydrogen) atoms. The zero-order chi connectivity index (χ0) is 4.99. The third-order valence-electron chi connectivity index (χ3n) is 0.386. The highest BCUT2D eigenvalue weighted by molar-refractivity contribution is 7.80. The van der Waals surface area contributed by atoms with Gasteiger partial charge in [0, 0.05) is 5.75 Å². The molecule has 36 valence electrons. The third-order valence-corrected chi connectivity index (χ3v) is 0.807. The van der Waals surface area contributed by atoms with Gasteiger partial charge in [0.05, 0.1) is 6.04 Å². The van der Waals surface area contributed by atoms with E-state index in [1.807, 2.05) is 0 Å². The molecule has 0 unspecified atom stereocenters. The number of nitrogens with two attached hydrogens (primary N) is 1. The van der Waals surface area contributed by atoms with Crippen LogP contribution in [0.25, 0.3) is 0 Å². The van der Waals surface area contributed by atoms with E-state index in [0.717, 1.165) is 0 Å². The largest absolute Gasteiger partial charge is 0.321 e. The van der Waals surface area contributed by atoms with Crippen LogP contribution in [0.15, 0.2) is 0 Å². The second-order valence-electron chi connectivity index (χ2n) is 0.983. The molecule has 0 aliphatic rings. The first-order valence-electron chi connectivity index (χ1n) is 1.63. The van der Waals surface area contributed by atoms with E-state index in [9.17, 15) is 4.79 Å². The molecule has 3 heteroatoms. The van der Waals surface area contributed by atoms with Gasteiger partial charge in [0.1, 0.15) is 6.29 Å². The molecule has 2 nitrogen and oxygen atoms in total. The second-order valence-corrected chi connectivity index (χ2v) is 1.35. The molecule has 0 saturated carbocycles. The van der Waals surface area contributed by atoms with Crippen molar-refractivity contribution >= 4 is 18.9 Å². The first-order valence-corrected chi connectivity index (χ1v) is 2.26. The van der Waals surface area contributed by atoms with E-state index in [1.54, 1.807) is 0 Å². The van der Waals surface area contributed by atoms with Crippen molar-refractivity contribution in [2.24, 2.45) is 5.73 Å². The Hall–Kier alpha value is -0.0200. The first kappa shape index (κ1) is 5.98. The van der Waals surface area contributed by atoms with Crippen LogP contribution < -0.4 is 5.73 Å². The summed E-state index contributed by atoms with van der Waals surface area (Å²) in [5.74, 6) is 0.434. The normalized spacial score (nSPS) is 13.7. The Labute approximate surface area is 42.1 Å². The predicted molar refractivity (Wildman–Crippen MR) is 27.9 cm³/mol. The molecular weight excluding hydrogens is 98.1 g/mol. The summed E-state index contributed by atoms with van der Waals surface area (Å²) >= 11 is 3.74. The van der Waals surface area contributed by atoms with Gasteiger partial charge in [0.15, 0.2) is 0 Å². The number of carbonyl (C=O) groups is 1. The number of rotatable bonds is 2. The zero-order valence-electron chi connectivity index (χ0n) is 3.29. The van der Waals surface area contributed by atoms with Crippen LogP contribution in [0.2, 0.25) is 0 Å². The molecular formula is C3H7NOS. The van der Waals surface area contributed by atoms with Crippen LogP contribution in [0.5, 0.6) is 0 Å². The molecule has 0 saturated heterocycles. The van der Waals surface area contributed by atoms with Gasteiger partial charge < -0.3 is 10.5 Å². The third kappa shape index (κ3) is 2.23. The van der Waals surface area contributed by atoms with Crippen molar-refractivity contribution < 1.29 is 4.79 Å². The van der Waals surface area contributed by atoms with Gasteiger partial charge in [-0.3, -0.25) is 0 Å². The van der Waals surface area contributed by atoms with Crippen molar-refractivity contribution in [2.75, 3.05) is 5.75 Å². The molecule has 0 rings (SSSR count). The lowest BCUT2D eigenvalue weighted by Gasteiger charge is -1.90. The topological polar surface area (TPSA) is 43.1 Å². The standard InChI is InChI=1S/C3H7NOS/c4-3(1-5)2-6/h1,3,6H,2,4H2/t3-/m1/s1. The Morgan fingerprint density at radius 2 is 2.50 bits per heavy atom. The summed E-state index contributed by atoms with van der Waals surface area (Å²) in [7, 11) is 0. The fourth-order valence-corrected chi connectivity index (χ4v) is 0.129. The lowest BCUT2D eigenvalue weighted by molar-refractivity contribution is -0.108. The predicted octanol–water partition coefficient (Wildman–Crippen LogP) is -0.558. The summed E-state index contributed by atoms with van der Waals surface area (Å²) < 4.78 is 0. The summed E-state index contributed by atoms with van der Waals surface area (Å²) in [6, 6.07) is -0.381. The van der Waals surface area contributed by atoms with Gasteiger partial charge in [-0.15, -0.1) is 0 Å². The maximum atomic E-state index is 9.56. The smallest absolute Gasteiger partial charge is 0.137 e. The van der Waals surface area contributed by atoms with Crippen LogP contribution >= 0.6 is 12.6 Å². The van der Waals surface area contributed by atoms with Crippen molar-refractivity contribution in [1.29, 1.82) is 0 Å². The van der Waals surface area contributed by atoms with Gasteiger partial charge in [-0.1, -0.05) is 0 Å². The lowest BCUT2D eigenvalue weighted by Crippen LogP contribution is -2.22. The van der Waals surface area contributed by atoms with Gasteiger partial charge in [-0.2, -0.15) is 12.6 Å². The van der Waals surface area contributed by atoms with Gasteiger partial charge in [-0.25, -0.2) is 0 Å². The van der Waals surface area contributed by atoms with E-state index < -0.39 is 0 Å². The van der Waals surface area contributed by atoms with Crippen molar-refractivity contribution in [3.63, 3.8) is 0 Å². The first-order chi connectivity index (χ1) is 2.81. The molecule has 0 spiro atoms. The van der Waals surface area contributed by atoms with Gasteiger partial charge in [0.25, 0.3) is 0 Å². The van der Waals surface area contributed by atoms with Crippen LogP contribution in [0, 0.1) is 0 Å². The molecule has 1 atom stereocenters. The molecule has 0 aliphatic carbocycles. The number of hydrogen-bond acceptors (Lipinski definition) is 3. The highest BCUT2D eigenvalue weighted by Gasteiger charge is 1.89. The van der Waals surface area contributed by atoms with Gasteiger partial charge >= 0.3 is 0 Å². The minimum atomic E-state index is -0.381. The Morgan fingerprint density at radius 1 is 2.00 bits per heavy atom. The van der Waals surface area contributed by atoms with Crippen LogP contribution in [0.4, 0.5) is 0 Å². The maximum absolute atomic E-state index is 9.56. The van der Waals surface area contributed by atoms with Crippen LogP contribution in [0.1, 0.15) is 0 Å². The molecule has 0 aromatic heterocycles. The number of carbonyl (C=O) groups excluding carboxylic acids is 1. The second kappa shape index (κ2) is 3.18. The molecule has 0 heterocycles. The molecule has 0 fully saturated rings. The Kier molecular flexibility index (Phi) is 3.17. The Balaban J connectivity index is 2.96. The number of hydrogen-bond donors (Lipinski definition) is 2. The highest BCUT2D eigenvalue weighted by Crippen LogP contribution is 1.73. The van der Waals surface area contributed by atoms with E-state index in [2.05, 4.69) is 12.6 Å². The van der Waals surface area contributed by atoms with Crippen molar-refractivity contribution in [2.45, 2.75) is 6.04 Å². The summed E-state index contributed by atoms with van der Waals surface area (Å²) in [5.41, 5.74) is 5.03. The molecule has 0 aromatic carbocycles. The molecule has 0 aliphatic heterocycles. The summed E-state index contributed by atoms with van der Waals surface area (Å²) in [6.45, 7) is 0. The summed E-state index contributed by atoms with van der Waals surface area (Å²) in [5, 5.41) is 0. The van der Waals surface area contributed by atoms with E-state index in [4.69, 9.17) is 5.73 Å².